The molecule has 6 heteroatoms. The third kappa shape index (κ3) is 3.87. The lowest BCUT2D eigenvalue weighted by Crippen LogP contribution is -2.41. The van der Waals surface area contributed by atoms with Crippen LogP contribution in [0.1, 0.15) is 46.0 Å². The van der Waals surface area contributed by atoms with E-state index in [4.69, 9.17) is 10.5 Å². The van der Waals surface area contributed by atoms with Crippen LogP contribution in [0.4, 0.5) is 4.79 Å². The molecule has 2 rings (SSSR count). The van der Waals surface area contributed by atoms with Crippen molar-refractivity contribution in [2.45, 2.75) is 66.4 Å². The molecule has 0 atom stereocenters. The molecule has 3 N–H and O–H groups in total. The van der Waals surface area contributed by atoms with Crippen molar-refractivity contribution in [3.05, 3.63) is 29.6 Å². The first kappa shape index (κ1) is 18.3. The normalized spacial score (nSPS) is 11.8. The summed E-state index contributed by atoms with van der Waals surface area (Å²) in [6, 6.07) is 6.28. The van der Waals surface area contributed by atoms with Gasteiger partial charge < -0.3 is 15.8 Å². The van der Waals surface area contributed by atoms with E-state index in [1.165, 1.54) is 0 Å². The molecule has 2 aromatic rings. The molecule has 0 aliphatic heterocycles. The molecule has 24 heavy (non-hydrogen) atoms. The molecule has 132 valence electrons. The number of aromatic nitrogens is 2. The van der Waals surface area contributed by atoms with Crippen molar-refractivity contribution in [2.24, 2.45) is 5.73 Å². The summed E-state index contributed by atoms with van der Waals surface area (Å²) in [5.41, 5.74) is 8.67. The van der Waals surface area contributed by atoms with Gasteiger partial charge in [-0.25, -0.2) is 13.9 Å². The number of rotatable bonds is 5. The number of alkyl carbamates (subject to hydrolysis) is 1. The second kappa shape index (κ2) is 7.21. The largest absolute Gasteiger partial charge is 0.444 e. The van der Waals surface area contributed by atoms with Crippen LogP contribution in [0.15, 0.2) is 18.2 Å². The number of aryl methyl sites for hydroxylation is 2. The van der Waals surface area contributed by atoms with Crippen LogP contribution in [-0.2, 0) is 30.9 Å². The predicted octanol–water partition coefficient (Wildman–Crippen LogP) is 2.45. The van der Waals surface area contributed by atoms with Crippen molar-refractivity contribution >= 4 is 17.1 Å². The van der Waals surface area contributed by atoms with Crippen molar-refractivity contribution in [3.63, 3.8) is 0 Å². The van der Waals surface area contributed by atoms with Crippen molar-refractivity contribution < 1.29 is 14.1 Å². The van der Waals surface area contributed by atoms with Gasteiger partial charge in [0.25, 0.3) is 5.82 Å². The van der Waals surface area contributed by atoms with Gasteiger partial charge in [0, 0.05) is 6.54 Å². The molecule has 0 radical (unpaired) electrons. The Morgan fingerprint density at radius 1 is 1.33 bits per heavy atom. The number of ether oxygens (including phenoxy) is 1. The van der Waals surface area contributed by atoms with Crippen LogP contribution in [-0.4, -0.2) is 16.3 Å². The molecule has 0 saturated carbocycles. The topological polar surface area (TPSA) is 73.2 Å². The minimum atomic E-state index is -0.502. The van der Waals surface area contributed by atoms with Crippen LogP contribution in [0.25, 0.3) is 11.0 Å². The monoisotopic (exact) mass is 333 g/mol. The number of carbonyl (C=O) groups excluding carboxylic acids is 1. The zero-order valence-electron chi connectivity index (χ0n) is 15.3. The van der Waals surface area contributed by atoms with Crippen LogP contribution in [0.5, 0.6) is 0 Å². The first-order chi connectivity index (χ1) is 11.3. The maximum Gasteiger partial charge on any atom is 0.408 e. The van der Waals surface area contributed by atoms with Crippen molar-refractivity contribution in [2.75, 3.05) is 0 Å². The van der Waals surface area contributed by atoms with E-state index < -0.39 is 11.7 Å². The van der Waals surface area contributed by atoms with Gasteiger partial charge in [-0.2, -0.15) is 0 Å². The quantitative estimate of drug-likeness (QED) is 0.826. The van der Waals surface area contributed by atoms with Crippen LogP contribution in [0.2, 0.25) is 0 Å². The molecule has 6 nitrogen and oxygen atoms in total. The maximum absolute atomic E-state index is 12.0. The summed E-state index contributed by atoms with van der Waals surface area (Å²) in [7, 11) is 0. The minimum Gasteiger partial charge on any atom is -0.444 e. The van der Waals surface area contributed by atoms with E-state index in [1.54, 1.807) is 0 Å². The number of benzene rings is 1. The number of fused-ring (bicyclic) bond motifs is 1. The lowest BCUT2D eigenvalue weighted by atomic mass is 10.2. The lowest BCUT2D eigenvalue weighted by Gasteiger charge is -2.19. The van der Waals surface area contributed by atoms with Crippen molar-refractivity contribution in [1.29, 1.82) is 0 Å². The number of nitrogens with two attached hydrogens (primary N) is 1. The molecular formula is C18H29N4O2+. The second-order valence-electron chi connectivity index (χ2n) is 6.79. The van der Waals surface area contributed by atoms with Gasteiger partial charge in [0.05, 0.1) is 13.1 Å². The Hall–Kier alpha value is -2.08. The van der Waals surface area contributed by atoms with E-state index in [-0.39, 0.29) is 0 Å². The molecule has 0 bridgehead atoms. The molecule has 0 aliphatic carbocycles. The van der Waals surface area contributed by atoms with Gasteiger partial charge >= 0.3 is 6.09 Å². The van der Waals surface area contributed by atoms with Gasteiger partial charge in [-0.05, 0) is 52.3 Å². The number of nitrogens with one attached hydrogen (secondary N) is 1. The average Bonchev–Trinajstić information content (AvgIpc) is 2.82. The summed E-state index contributed by atoms with van der Waals surface area (Å²) < 4.78 is 9.77. The second-order valence-corrected chi connectivity index (χ2v) is 6.79. The highest BCUT2D eigenvalue weighted by molar-refractivity contribution is 5.73. The molecule has 0 fully saturated rings. The lowest BCUT2D eigenvalue weighted by molar-refractivity contribution is -0.676. The first-order valence-corrected chi connectivity index (χ1v) is 8.51. The van der Waals surface area contributed by atoms with Gasteiger partial charge in [0.1, 0.15) is 12.1 Å². The van der Waals surface area contributed by atoms with E-state index in [2.05, 4.69) is 46.5 Å². The number of hydrogen-bond donors (Lipinski definition) is 2. The third-order valence-corrected chi connectivity index (χ3v) is 3.90. The number of amides is 1. The first-order valence-electron chi connectivity index (χ1n) is 8.51. The van der Waals surface area contributed by atoms with Gasteiger partial charge in [-0.3, -0.25) is 0 Å². The fourth-order valence-corrected chi connectivity index (χ4v) is 2.93. The Labute approximate surface area is 143 Å². The van der Waals surface area contributed by atoms with Crippen LogP contribution in [0, 0.1) is 0 Å². The fourth-order valence-electron chi connectivity index (χ4n) is 2.93. The van der Waals surface area contributed by atoms with Crippen molar-refractivity contribution in [1.82, 2.24) is 9.88 Å². The number of carbonyl (C=O) groups is 1. The Kier molecular flexibility index (Phi) is 5.49. The van der Waals surface area contributed by atoms with Crippen LogP contribution < -0.4 is 15.6 Å². The van der Waals surface area contributed by atoms with E-state index in [9.17, 15) is 4.79 Å². The van der Waals surface area contributed by atoms with Gasteiger partial charge in [-0.1, -0.05) is 6.07 Å². The SMILES string of the molecule is CCn1c(CNC(=O)OC(C)(C)C)[n+](CC)c2ccc(CN)cc21. The number of hydrogen-bond acceptors (Lipinski definition) is 3. The molecule has 0 spiro atoms. The number of imidazole rings is 1. The van der Waals surface area contributed by atoms with Crippen LogP contribution >= 0.6 is 0 Å². The molecule has 0 aliphatic rings. The van der Waals surface area contributed by atoms with Gasteiger partial charge in [0.15, 0.2) is 11.0 Å². The van der Waals surface area contributed by atoms with E-state index in [0.29, 0.717) is 13.1 Å². The van der Waals surface area contributed by atoms with E-state index in [1.807, 2.05) is 20.8 Å². The summed E-state index contributed by atoms with van der Waals surface area (Å²) in [6.45, 7) is 12.4. The highest BCUT2D eigenvalue weighted by atomic mass is 16.6. The zero-order chi connectivity index (χ0) is 17.9. The van der Waals surface area contributed by atoms with Gasteiger partial charge in [0.2, 0.25) is 0 Å². The Morgan fingerprint density at radius 3 is 2.58 bits per heavy atom. The summed E-state index contributed by atoms with van der Waals surface area (Å²) in [5, 5.41) is 2.87. The van der Waals surface area contributed by atoms with Crippen molar-refractivity contribution in [3.8, 4) is 0 Å². The van der Waals surface area contributed by atoms with E-state index >= 15 is 0 Å². The predicted molar refractivity (Wildman–Crippen MR) is 94.4 cm³/mol. The highest BCUT2D eigenvalue weighted by Crippen LogP contribution is 2.17. The maximum atomic E-state index is 12.0. The summed E-state index contributed by atoms with van der Waals surface area (Å²) in [6.07, 6.45) is -0.402. The van der Waals surface area contributed by atoms with E-state index in [0.717, 1.165) is 35.5 Å². The summed E-state index contributed by atoms with van der Waals surface area (Å²) in [5.74, 6) is 1.05. The summed E-state index contributed by atoms with van der Waals surface area (Å²) in [4.78, 5) is 12.0. The number of nitrogens with zero attached hydrogens (tertiary/aromatic N) is 2. The summed E-state index contributed by atoms with van der Waals surface area (Å²) >= 11 is 0. The highest BCUT2D eigenvalue weighted by Gasteiger charge is 2.24. The molecule has 0 unspecified atom stereocenters. The molecular weight excluding hydrogens is 304 g/mol. The molecule has 1 aromatic carbocycles. The average molecular weight is 333 g/mol. The van der Waals surface area contributed by atoms with Crippen LogP contribution in [0.3, 0.4) is 0 Å². The third-order valence-electron chi connectivity index (χ3n) is 3.90. The molecule has 0 saturated heterocycles. The molecule has 1 heterocycles. The fraction of sp³-hybridized carbons (Fsp3) is 0.556. The molecule has 1 amide bonds. The van der Waals surface area contributed by atoms with Gasteiger partial charge in [-0.15, -0.1) is 0 Å². The Morgan fingerprint density at radius 2 is 2.04 bits per heavy atom. The zero-order valence-corrected chi connectivity index (χ0v) is 15.3. The smallest absolute Gasteiger partial charge is 0.408 e. The standard InChI is InChI=1S/C18H28N4O2/c1-6-21-14-9-8-13(11-19)10-15(14)22(7-2)16(21)12-20-17(23)24-18(3,4)5/h8-10H,6-7,11-12,19H2,1-5H3/p+1. The molecule has 1 aromatic heterocycles. The Bertz CT molecular complexity index is 729. The Balaban J connectivity index is 2.36. The minimum absolute atomic E-state index is 0.402.